The highest BCUT2D eigenvalue weighted by Crippen LogP contribution is 2.23. The van der Waals surface area contributed by atoms with Crippen LogP contribution in [0.15, 0.2) is 30.9 Å². The highest BCUT2D eigenvalue weighted by molar-refractivity contribution is 5.41. The highest BCUT2D eigenvalue weighted by Gasteiger charge is 2.03. The molecule has 0 unspecified atom stereocenters. The number of phenolic OH excluding ortho intramolecular Hbond substituents is 1. The van der Waals surface area contributed by atoms with Crippen LogP contribution in [0.3, 0.4) is 0 Å². The maximum Gasteiger partial charge on any atom is 0.122 e. The second-order valence-electron chi connectivity index (χ2n) is 2.96. The molecular formula is C11H15NO. The number of aromatic hydroxyl groups is 1. The van der Waals surface area contributed by atoms with Gasteiger partial charge in [0.25, 0.3) is 0 Å². The fraction of sp³-hybridized carbons (Fsp3) is 0.273. The number of hydrogen-bond acceptors (Lipinski definition) is 2. The normalized spacial score (nSPS) is 9.92. The van der Waals surface area contributed by atoms with Crippen LogP contribution >= 0.6 is 0 Å². The van der Waals surface area contributed by atoms with E-state index < -0.39 is 0 Å². The molecule has 1 aromatic carbocycles. The summed E-state index contributed by atoms with van der Waals surface area (Å²) in [5.74, 6) is 0.368. The SMILES string of the molecule is C=CCc1cccc(CCN)c1O. The minimum Gasteiger partial charge on any atom is -0.507 e. The van der Waals surface area contributed by atoms with E-state index in [2.05, 4.69) is 6.58 Å². The Morgan fingerprint density at radius 1 is 1.38 bits per heavy atom. The van der Waals surface area contributed by atoms with Gasteiger partial charge in [0.05, 0.1) is 0 Å². The van der Waals surface area contributed by atoms with Gasteiger partial charge in [0.1, 0.15) is 5.75 Å². The summed E-state index contributed by atoms with van der Waals surface area (Å²) in [6.07, 6.45) is 3.20. The molecule has 0 aliphatic carbocycles. The number of phenols is 1. The predicted molar refractivity (Wildman–Crippen MR) is 54.8 cm³/mol. The molecule has 0 fully saturated rings. The molecule has 2 heteroatoms. The molecule has 3 N–H and O–H groups in total. The maximum atomic E-state index is 9.75. The molecule has 0 atom stereocenters. The van der Waals surface area contributed by atoms with Gasteiger partial charge in [-0.15, -0.1) is 6.58 Å². The van der Waals surface area contributed by atoms with E-state index in [1.165, 1.54) is 0 Å². The fourth-order valence-corrected chi connectivity index (χ4v) is 1.32. The van der Waals surface area contributed by atoms with Crippen LogP contribution in [-0.2, 0) is 12.8 Å². The Morgan fingerprint density at radius 3 is 2.69 bits per heavy atom. The molecule has 0 aliphatic rings. The van der Waals surface area contributed by atoms with Gasteiger partial charge < -0.3 is 10.8 Å². The first kappa shape index (κ1) is 9.81. The number of nitrogens with two attached hydrogens (primary N) is 1. The van der Waals surface area contributed by atoms with Crippen molar-refractivity contribution in [1.29, 1.82) is 0 Å². The maximum absolute atomic E-state index is 9.75. The summed E-state index contributed by atoms with van der Waals surface area (Å²) in [4.78, 5) is 0. The minimum atomic E-state index is 0.368. The third kappa shape index (κ3) is 2.33. The van der Waals surface area contributed by atoms with Crippen molar-refractivity contribution in [3.63, 3.8) is 0 Å². The molecule has 0 amide bonds. The molecule has 0 heterocycles. The van der Waals surface area contributed by atoms with Crippen LogP contribution in [0, 0.1) is 0 Å². The summed E-state index contributed by atoms with van der Waals surface area (Å²) in [5.41, 5.74) is 7.26. The third-order valence-corrected chi connectivity index (χ3v) is 1.98. The zero-order valence-electron chi connectivity index (χ0n) is 7.66. The molecule has 0 saturated heterocycles. The lowest BCUT2D eigenvalue weighted by Crippen LogP contribution is -2.03. The van der Waals surface area contributed by atoms with Crippen LogP contribution in [0.1, 0.15) is 11.1 Å². The molecule has 0 radical (unpaired) electrons. The molecule has 0 bridgehead atoms. The van der Waals surface area contributed by atoms with Crippen LogP contribution in [0.5, 0.6) is 5.75 Å². The Labute approximate surface area is 78.7 Å². The summed E-state index contributed by atoms with van der Waals surface area (Å²) in [5, 5.41) is 9.75. The van der Waals surface area contributed by atoms with Gasteiger partial charge in [0.15, 0.2) is 0 Å². The quantitative estimate of drug-likeness (QED) is 0.686. The molecule has 0 aliphatic heterocycles. The Hall–Kier alpha value is -1.28. The molecule has 0 aromatic heterocycles. The Morgan fingerprint density at radius 2 is 2.08 bits per heavy atom. The predicted octanol–water partition coefficient (Wildman–Crippen LogP) is 1.62. The van der Waals surface area contributed by atoms with Crippen molar-refractivity contribution in [1.82, 2.24) is 0 Å². The molecule has 70 valence electrons. The van der Waals surface area contributed by atoms with Crippen LogP contribution in [-0.4, -0.2) is 11.7 Å². The number of hydrogen-bond donors (Lipinski definition) is 2. The average molecular weight is 177 g/mol. The minimum absolute atomic E-state index is 0.368. The first-order valence-corrected chi connectivity index (χ1v) is 4.40. The molecule has 0 saturated carbocycles. The van der Waals surface area contributed by atoms with Crippen LogP contribution < -0.4 is 5.73 Å². The second kappa shape index (κ2) is 4.67. The lowest BCUT2D eigenvalue weighted by atomic mass is 10.0. The van der Waals surface area contributed by atoms with E-state index >= 15 is 0 Å². The smallest absolute Gasteiger partial charge is 0.122 e. The van der Waals surface area contributed by atoms with Gasteiger partial charge in [-0.1, -0.05) is 24.3 Å². The first-order chi connectivity index (χ1) is 6.29. The van der Waals surface area contributed by atoms with Gasteiger partial charge in [-0.3, -0.25) is 0 Å². The van der Waals surface area contributed by atoms with Gasteiger partial charge in [-0.05, 0) is 30.5 Å². The standard InChI is InChI=1S/C11H15NO/c1-2-4-9-5-3-6-10(7-8-12)11(9)13/h2-3,5-6,13H,1,4,7-8,12H2. The zero-order chi connectivity index (χ0) is 9.68. The van der Waals surface area contributed by atoms with E-state index in [9.17, 15) is 5.11 Å². The molecule has 0 spiro atoms. The van der Waals surface area contributed by atoms with Crippen molar-refractivity contribution in [2.24, 2.45) is 5.73 Å². The van der Waals surface area contributed by atoms with Crippen molar-refractivity contribution in [2.45, 2.75) is 12.8 Å². The molecule has 2 nitrogen and oxygen atoms in total. The lowest BCUT2D eigenvalue weighted by Gasteiger charge is -2.06. The summed E-state index contributed by atoms with van der Waals surface area (Å²) in [6.45, 7) is 4.20. The molecule has 1 rings (SSSR count). The van der Waals surface area contributed by atoms with E-state index in [1.54, 1.807) is 6.08 Å². The van der Waals surface area contributed by atoms with Crippen molar-refractivity contribution in [3.05, 3.63) is 42.0 Å². The van der Waals surface area contributed by atoms with E-state index in [0.717, 1.165) is 17.5 Å². The van der Waals surface area contributed by atoms with Gasteiger partial charge in [-0.2, -0.15) is 0 Å². The number of benzene rings is 1. The zero-order valence-corrected chi connectivity index (χ0v) is 7.66. The molecule has 13 heavy (non-hydrogen) atoms. The Balaban J connectivity index is 2.95. The topological polar surface area (TPSA) is 46.2 Å². The van der Waals surface area contributed by atoms with E-state index in [0.29, 0.717) is 18.7 Å². The lowest BCUT2D eigenvalue weighted by molar-refractivity contribution is 0.462. The summed E-state index contributed by atoms with van der Waals surface area (Å²) >= 11 is 0. The summed E-state index contributed by atoms with van der Waals surface area (Å²) in [6, 6.07) is 5.73. The van der Waals surface area contributed by atoms with E-state index in [4.69, 9.17) is 5.73 Å². The Bertz CT molecular complexity index is 294. The van der Waals surface area contributed by atoms with Gasteiger partial charge in [0, 0.05) is 0 Å². The largest absolute Gasteiger partial charge is 0.507 e. The number of rotatable bonds is 4. The van der Waals surface area contributed by atoms with Crippen molar-refractivity contribution in [2.75, 3.05) is 6.54 Å². The van der Waals surface area contributed by atoms with Crippen molar-refractivity contribution < 1.29 is 5.11 Å². The van der Waals surface area contributed by atoms with Crippen LogP contribution in [0.2, 0.25) is 0 Å². The highest BCUT2D eigenvalue weighted by atomic mass is 16.3. The third-order valence-electron chi connectivity index (χ3n) is 1.98. The van der Waals surface area contributed by atoms with Crippen LogP contribution in [0.25, 0.3) is 0 Å². The molecule has 1 aromatic rings. The molecular weight excluding hydrogens is 162 g/mol. The number of para-hydroxylation sites is 1. The monoisotopic (exact) mass is 177 g/mol. The van der Waals surface area contributed by atoms with Gasteiger partial charge >= 0.3 is 0 Å². The van der Waals surface area contributed by atoms with E-state index in [1.807, 2.05) is 18.2 Å². The van der Waals surface area contributed by atoms with Crippen LogP contribution in [0.4, 0.5) is 0 Å². The number of allylic oxidation sites excluding steroid dienone is 1. The second-order valence-corrected chi connectivity index (χ2v) is 2.96. The Kier molecular flexibility index (Phi) is 3.53. The fourth-order valence-electron chi connectivity index (χ4n) is 1.32. The van der Waals surface area contributed by atoms with Gasteiger partial charge in [-0.25, -0.2) is 0 Å². The summed E-state index contributed by atoms with van der Waals surface area (Å²) < 4.78 is 0. The summed E-state index contributed by atoms with van der Waals surface area (Å²) in [7, 11) is 0. The van der Waals surface area contributed by atoms with Gasteiger partial charge in [0.2, 0.25) is 0 Å². The average Bonchev–Trinajstić information content (AvgIpc) is 2.13. The van der Waals surface area contributed by atoms with Crippen molar-refractivity contribution in [3.8, 4) is 5.75 Å². The van der Waals surface area contributed by atoms with E-state index in [-0.39, 0.29) is 0 Å². The first-order valence-electron chi connectivity index (χ1n) is 4.40. The van der Waals surface area contributed by atoms with Crippen molar-refractivity contribution >= 4 is 0 Å².